The monoisotopic (exact) mass is 281 g/mol. The first kappa shape index (κ1) is 10.5. The molecule has 0 fully saturated rings. The Morgan fingerprint density at radius 3 is 2.33 bits per heavy atom. The summed E-state index contributed by atoms with van der Waals surface area (Å²) in [5.74, 6) is 0. The van der Waals surface area contributed by atoms with Gasteiger partial charge in [-0.25, -0.2) is 0 Å². The van der Waals surface area contributed by atoms with Crippen molar-refractivity contribution in [2.24, 2.45) is 0 Å². The van der Waals surface area contributed by atoms with Crippen molar-refractivity contribution in [2.75, 3.05) is 0 Å². The Kier molecular flexibility index (Phi) is 2.58. The molecule has 0 saturated heterocycles. The van der Waals surface area contributed by atoms with Crippen LogP contribution in [0.3, 0.4) is 0 Å². The topological polar surface area (TPSA) is 23.5 Å². The highest BCUT2D eigenvalue weighted by molar-refractivity contribution is 14.1. The van der Waals surface area contributed by atoms with Crippen LogP contribution in [0, 0.1) is 0 Å². The Labute approximate surface area is 87.7 Å². The van der Waals surface area contributed by atoms with Crippen molar-refractivity contribution in [1.82, 2.24) is 5.06 Å². The van der Waals surface area contributed by atoms with Crippen LogP contribution in [0.2, 0.25) is 0 Å². The number of rotatable bonds is 0. The maximum atomic E-state index is 9.87. The van der Waals surface area contributed by atoms with Crippen molar-refractivity contribution >= 4 is 22.6 Å². The van der Waals surface area contributed by atoms with Crippen molar-refractivity contribution in [3.63, 3.8) is 0 Å². The lowest BCUT2D eigenvalue weighted by Gasteiger charge is -2.46. The van der Waals surface area contributed by atoms with E-state index in [2.05, 4.69) is 42.5 Å². The molecule has 0 bridgehead atoms. The summed E-state index contributed by atoms with van der Waals surface area (Å²) in [6, 6.07) is 0. The summed E-state index contributed by atoms with van der Waals surface area (Å²) in [4.78, 5) is 0. The highest BCUT2D eigenvalue weighted by Crippen LogP contribution is 2.37. The zero-order valence-corrected chi connectivity index (χ0v) is 10.2. The summed E-state index contributed by atoms with van der Waals surface area (Å²) < 4.78 is 1.33. The Bertz CT molecular complexity index is 221. The van der Waals surface area contributed by atoms with E-state index >= 15 is 0 Å². The maximum Gasteiger partial charge on any atom is 0.0599 e. The first-order valence-corrected chi connectivity index (χ1v) is 5.20. The lowest BCUT2D eigenvalue weighted by Crippen LogP contribution is -2.55. The van der Waals surface area contributed by atoms with E-state index in [-0.39, 0.29) is 11.1 Å². The lowest BCUT2D eigenvalue weighted by molar-refractivity contribution is -0.212. The summed E-state index contributed by atoms with van der Waals surface area (Å²) >= 11 is 2.34. The minimum absolute atomic E-state index is 0.144. The van der Waals surface area contributed by atoms with E-state index in [0.29, 0.717) is 0 Å². The predicted molar refractivity (Wildman–Crippen MR) is 58.5 cm³/mol. The van der Waals surface area contributed by atoms with Gasteiger partial charge in [0.2, 0.25) is 0 Å². The Morgan fingerprint density at radius 1 is 1.42 bits per heavy atom. The minimum Gasteiger partial charge on any atom is -0.313 e. The number of halogens is 1. The third-order valence-corrected chi connectivity index (χ3v) is 2.92. The van der Waals surface area contributed by atoms with Gasteiger partial charge in [-0.05, 0) is 60.3 Å². The molecule has 0 saturated carbocycles. The molecular weight excluding hydrogens is 265 g/mol. The molecule has 1 N–H and O–H groups in total. The second-order valence-corrected chi connectivity index (χ2v) is 5.93. The highest BCUT2D eigenvalue weighted by Gasteiger charge is 2.39. The molecule has 1 heterocycles. The quantitative estimate of drug-likeness (QED) is 0.690. The van der Waals surface area contributed by atoms with E-state index in [4.69, 9.17) is 0 Å². The van der Waals surface area contributed by atoms with Gasteiger partial charge in [0.25, 0.3) is 0 Å². The first-order valence-electron chi connectivity index (χ1n) is 4.12. The Morgan fingerprint density at radius 2 is 1.92 bits per heavy atom. The van der Waals surface area contributed by atoms with Crippen LogP contribution in [0.5, 0.6) is 0 Å². The van der Waals surface area contributed by atoms with Crippen LogP contribution in [0.15, 0.2) is 9.66 Å². The van der Waals surface area contributed by atoms with Gasteiger partial charge in [-0.2, -0.15) is 5.06 Å². The van der Waals surface area contributed by atoms with Crippen LogP contribution in [0.4, 0.5) is 0 Å². The molecule has 0 aromatic rings. The number of hydrogen-bond acceptors (Lipinski definition) is 2. The van der Waals surface area contributed by atoms with Crippen molar-refractivity contribution < 1.29 is 5.21 Å². The van der Waals surface area contributed by atoms with Gasteiger partial charge in [-0.15, -0.1) is 0 Å². The van der Waals surface area contributed by atoms with Crippen LogP contribution in [-0.4, -0.2) is 21.3 Å². The normalized spacial score (nSPS) is 28.3. The van der Waals surface area contributed by atoms with E-state index in [1.807, 2.05) is 13.8 Å². The van der Waals surface area contributed by atoms with Crippen molar-refractivity contribution in [2.45, 2.75) is 45.2 Å². The molecule has 70 valence electrons. The van der Waals surface area contributed by atoms with Crippen molar-refractivity contribution in [1.29, 1.82) is 0 Å². The summed E-state index contributed by atoms with van der Waals surface area (Å²) in [7, 11) is 0. The Hall–Kier alpha value is 0.390. The average molecular weight is 281 g/mol. The predicted octanol–water partition coefficient (Wildman–Crippen LogP) is 2.96. The largest absolute Gasteiger partial charge is 0.313 e. The van der Waals surface area contributed by atoms with Gasteiger partial charge in [-0.1, -0.05) is 6.08 Å². The molecule has 0 amide bonds. The Balaban J connectivity index is 3.02. The maximum absolute atomic E-state index is 9.87. The van der Waals surface area contributed by atoms with Gasteiger partial charge < -0.3 is 5.21 Å². The number of nitrogens with zero attached hydrogens (tertiary/aromatic N) is 1. The van der Waals surface area contributed by atoms with E-state index in [1.165, 1.54) is 8.64 Å². The van der Waals surface area contributed by atoms with Crippen LogP contribution >= 0.6 is 22.6 Å². The van der Waals surface area contributed by atoms with Gasteiger partial charge in [-0.3, -0.25) is 0 Å². The fourth-order valence-corrected chi connectivity index (χ4v) is 3.46. The first-order chi connectivity index (χ1) is 5.26. The minimum atomic E-state index is -0.238. The second kappa shape index (κ2) is 2.96. The molecule has 0 aromatic carbocycles. The fraction of sp³-hybridized carbons (Fsp3) is 0.778. The lowest BCUT2D eigenvalue weighted by atomic mass is 9.88. The fourth-order valence-electron chi connectivity index (χ4n) is 1.76. The van der Waals surface area contributed by atoms with Gasteiger partial charge >= 0.3 is 0 Å². The molecule has 0 unspecified atom stereocenters. The molecule has 1 aliphatic heterocycles. The van der Waals surface area contributed by atoms with Crippen molar-refractivity contribution in [3.8, 4) is 0 Å². The molecule has 0 radical (unpaired) electrons. The molecule has 0 aromatic heterocycles. The zero-order chi connectivity index (χ0) is 9.57. The summed E-state index contributed by atoms with van der Waals surface area (Å²) in [6.45, 7) is 8.15. The standard InChI is InChI=1S/C9H16INO/c1-8(2)5-7(10)6-9(3,4)11(8)12/h5,12H,6H2,1-4H3. The molecule has 1 rings (SSSR count). The molecule has 3 heteroatoms. The van der Waals surface area contributed by atoms with E-state index < -0.39 is 0 Å². The summed E-state index contributed by atoms with van der Waals surface area (Å²) in [5.41, 5.74) is -0.382. The molecule has 0 spiro atoms. The van der Waals surface area contributed by atoms with Gasteiger partial charge in [0.05, 0.1) is 5.54 Å². The smallest absolute Gasteiger partial charge is 0.0599 e. The third kappa shape index (κ3) is 1.83. The number of hydrogen-bond donors (Lipinski definition) is 1. The van der Waals surface area contributed by atoms with E-state index in [1.54, 1.807) is 0 Å². The number of hydroxylamine groups is 2. The van der Waals surface area contributed by atoms with Crippen LogP contribution in [-0.2, 0) is 0 Å². The van der Waals surface area contributed by atoms with Crippen molar-refractivity contribution in [3.05, 3.63) is 9.66 Å². The molecule has 0 atom stereocenters. The summed E-state index contributed by atoms with van der Waals surface area (Å²) in [5, 5.41) is 11.3. The van der Waals surface area contributed by atoms with Crippen LogP contribution in [0.1, 0.15) is 34.1 Å². The zero-order valence-electron chi connectivity index (χ0n) is 8.06. The molecule has 12 heavy (non-hydrogen) atoms. The van der Waals surface area contributed by atoms with Gasteiger partial charge in [0.15, 0.2) is 0 Å². The SMILES string of the molecule is CC1(C)C=C(I)CC(C)(C)N1O. The van der Waals surface area contributed by atoms with Crippen LogP contribution < -0.4 is 0 Å². The average Bonchev–Trinajstić information content (AvgIpc) is 1.80. The third-order valence-electron chi connectivity index (χ3n) is 2.23. The van der Waals surface area contributed by atoms with E-state index in [9.17, 15) is 5.21 Å². The second-order valence-electron chi connectivity index (χ2n) is 4.55. The van der Waals surface area contributed by atoms with Gasteiger partial charge in [0, 0.05) is 5.54 Å². The molecular formula is C9H16INO. The van der Waals surface area contributed by atoms with Gasteiger partial charge in [0.1, 0.15) is 0 Å². The van der Waals surface area contributed by atoms with E-state index in [0.717, 1.165) is 6.42 Å². The molecule has 0 aliphatic carbocycles. The molecule has 2 nitrogen and oxygen atoms in total. The summed E-state index contributed by atoms with van der Waals surface area (Å²) in [6.07, 6.45) is 3.03. The highest BCUT2D eigenvalue weighted by atomic mass is 127. The van der Waals surface area contributed by atoms with Crippen LogP contribution in [0.25, 0.3) is 0 Å². The molecule has 1 aliphatic rings.